The van der Waals surface area contributed by atoms with Crippen LogP contribution in [0, 0.1) is 29.6 Å². The van der Waals surface area contributed by atoms with E-state index in [0.717, 1.165) is 12.8 Å². The van der Waals surface area contributed by atoms with Crippen LogP contribution in [-0.4, -0.2) is 57.9 Å². The fourth-order valence-corrected chi connectivity index (χ4v) is 6.51. The number of aliphatic carboxylic acids is 1. The molecule has 1 aromatic heterocycles. The van der Waals surface area contributed by atoms with Gasteiger partial charge in [0.1, 0.15) is 16.8 Å². The molecule has 0 saturated heterocycles. The van der Waals surface area contributed by atoms with Crippen LogP contribution in [0.1, 0.15) is 59.1 Å². The summed E-state index contributed by atoms with van der Waals surface area (Å²) >= 11 is 5.91. The minimum atomic E-state index is -2.69. The van der Waals surface area contributed by atoms with Crippen molar-refractivity contribution in [3.05, 3.63) is 29.0 Å². The van der Waals surface area contributed by atoms with Crippen molar-refractivity contribution in [2.45, 2.75) is 89.7 Å². The first-order valence-corrected chi connectivity index (χ1v) is 13.7. The van der Waals surface area contributed by atoms with Crippen LogP contribution in [0.5, 0.6) is 0 Å². The monoisotopic (exact) mass is 570 g/mol. The lowest BCUT2D eigenvalue weighted by Gasteiger charge is -2.36. The molecule has 9 atom stereocenters. The summed E-state index contributed by atoms with van der Waals surface area (Å²) in [6, 6.07) is 4.89. The number of carboxylic acid groups (broad SMARTS) is 1. The third-order valence-corrected chi connectivity index (χ3v) is 8.64. The van der Waals surface area contributed by atoms with Gasteiger partial charge < -0.3 is 29.8 Å². The maximum atomic E-state index is 15.2. The predicted octanol–water partition coefficient (Wildman–Crippen LogP) is 4.26. The van der Waals surface area contributed by atoms with Gasteiger partial charge in [0.05, 0.1) is 18.4 Å². The molecule has 216 valence electrons. The average molecular weight is 571 g/mol. The van der Waals surface area contributed by atoms with Gasteiger partial charge in [0, 0.05) is 18.8 Å². The van der Waals surface area contributed by atoms with Gasteiger partial charge in [0.2, 0.25) is 12.0 Å². The van der Waals surface area contributed by atoms with Gasteiger partial charge in [-0.05, 0) is 49.1 Å². The third kappa shape index (κ3) is 5.71. The summed E-state index contributed by atoms with van der Waals surface area (Å²) < 4.78 is 37.1. The number of fused-ring (bicyclic) bond motifs is 1. The number of rotatable bonds is 9. The molecule has 0 spiro atoms. The van der Waals surface area contributed by atoms with Crippen molar-refractivity contribution >= 4 is 29.7 Å². The number of halogens is 2. The summed E-state index contributed by atoms with van der Waals surface area (Å²) in [6.07, 6.45) is -1.24. The molecule has 12 heteroatoms. The molecule has 0 aromatic carbocycles. The largest absolute Gasteiger partial charge is 0.511 e. The lowest BCUT2D eigenvalue weighted by Crippen LogP contribution is -2.61. The lowest BCUT2D eigenvalue weighted by atomic mass is 9.75. The van der Waals surface area contributed by atoms with Crippen LogP contribution in [0.2, 0.25) is 5.15 Å². The lowest BCUT2D eigenvalue weighted by molar-refractivity contribution is -0.184. The Balaban J connectivity index is 1.41. The number of nitrogens with zero attached hydrogens (tertiary/aromatic N) is 1. The first kappa shape index (κ1) is 29.5. The Morgan fingerprint density at radius 2 is 1.92 bits per heavy atom. The molecule has 3 fully saturated rings. The first-order valence-electron chi connectivity index (χ1n) is 13.3. The quantitative estimate of drug-likeness (QED) is 0.250. The molecule has 39 heavy (non-hydrogen) atoms. The van der Waals surface area contributed by atoms with Crippen molar-refractivity contribution in [2.24, 2.45) is 35.3 Å². The summed E-state index contributed by atoms with van der Waals surface area (Å²) in [5, 5.41) is 9.69. The maximum absolute atomic E-state index is 15.2. The molecule has 0 aliphatic heterocycles. The van der Waals surface area contributed by atoms with Crippen molar-refractivity contribution in [3.8, 4) is 0 Å². The molecular weight excluding hydrogens is 535 g/mol. The minimum Gasteiger partial charge on any atom is -0.479 e. The second-order valence-corrected chi connectivity index (χ2v) is 11.8. The second kappa shape index (κ2) is 11.2. The zero-order chi connectivity index (χ0) is 28.7. The van der Waals surface area contributed by atoms with Gasteiger partial charge in [-0.3, -0.25) is 0 Å². The molecule has 1 aromatic rings. The van der Waals surface area contributed by atoms with Crippen molar-refractivity contribution < 1.29 is 42.8 Å². The number of aromatic nitrogens is 1. The normalized spacial score (nSPS) is 36.1. The number of carbonyl (C=O) groups is 3. The van der Waals surface area contributed by atoms with E-state index in [-0.39, 0.29) is 30.2 Å². The van der Waals surface area contributed by atoms with Gasteiger partial charge in [-0.25, -0.2) is 23.8 Å². The Labute approximate surface area is 231 Å². The van der Waals surface area contributed by atoms with Gasteiger partial charge in [-0.15, -0.1) is 0 Å². The topological polar surface area (TPSA) is 147 Å². The molecule has 4 rings (SSSR count). The summed E-state index contributed by atoms with van der Waals surface area (Å²) in [6.45, 7) is 7.45. The maximum Gasteiger partial charge on any atom is 0.511 e. The Morgan fingerprint density at radius 3 is 2.56 bits per heavy atom. The van der Waals surface area contributed by atoms with Crippen molar-refractivity contribution in [1.82, 2.24) is 4.98 Å². The van der Waals surface area contributed by atoms with Crippen LogP contribution in [0.15, 0.2) is 18.2 Å². The number of ether oxygens (including phenoxy) is 4. The zero-order valence-electron chi connectivity index (χ0n) is 22.5. The molecule has 3 aliphatic rings. The van der Waals surface area contributed by atoms with Crippen molar-refractivity contribution in [3.63, 3.8) is 0 Å². The number of nitrogens with two attached hydrogens (primary N) is 1. The highest BCUT2D eigenvalue weighted by Crippen LogP contribution is 2.67. The minimum absolute atomic E-state index is 0.0987. The molecule has 3 saturated carbocycles. The van der Waals surface area contributed by atoms with Crippen LogP contribution >= 0.6 is 11.6 Å². The van der Waals surface area contributed by atoms with E-state index >= 15 is 4.39 Å². The van der Waals surface area contributed by atoms with Crippen molar-refractivity contribution in [2.75, 3.05) is 0 Å². The standard InChI is InChI=1S/C27H36ClFN2O8/c1-13(2)17-9-8-14(3)10-19(17)39-25(35)38-15(4)37-24(34)27(30)20(11-18-22(27)26(18,29)23(32)33)36-12-16-6-5-7-21(28)31-16/h5-7,13-15,17-20,22H,8-12,30H2,1-4H3,(H,32,33)/t14-,15-,17?,18-,19-,20-,22+,26-,27+/m1/s1. The third-order valence-electron chi connectivity index (χ3n) is 8.43. The predicted molar refractivity (Wildman–Crippen MR) is 136 cm³/mol. The molecule has 3 N–H and O–H groups in total. The van der Waals surface area contributed by atoms with Crippen LogP contribution in [0.25, 0.3) is 0 Å². The Kier molecular flexibility index (Phi) is 8.45. The van der Waals surface area contributed by atoms with E-state index in [0.29, 0.717) is 24.0 Å². The molecule has 1 unspecified atom stereocenters. The van der Waals surface area contributed by atoms with Crippen LogP contribution in [-0.2, 0) is 35.1 Å². The number of alkyl halides is 1. The Morgan fingerprint density at radius 1 is 1.21 bits per heavy atom. The number of esters is 1. The molecule has 10 nitrogen and oxygen atoms in total. The highest BCUT2D eigenvalue weighted by Gasteiger charge is 2.85. The SMILES string of the molecule is CC(C)C1CC[C@@H](C)C[C@H]1OC(=O)O[C@H](C)OC(=O)[C@@]1(N)[C@H]2[C@@H](C[C@H]1OCc1cccc(Cl)n1)[C@]2(F)C(=O)O. The molecule has 0 amide bonds. The van der Waals surface area contributed by atoms with Gasteiger partial charge >= 0.3 is 18.1 Å². The average Bonchev–Trinajstić information content (AvgIpc) is 3.32. The molecule has 1 heterocycles. The summed E-state index contributed by atoms with van der Waals surface area (Å²) in [4.78, 5) is 41.6. The van der Waals surface area contributed by atoms with E-state index in [1.54, 1.807) is 18.2 Å². The van der Waals surface area contributed by atoms with Crippen LogP contribution < -0.4 is 5.73 Å². The van der Waals surface area contributed by atoms with E-state index in [4.69, 9.17) is 36.3 Å². The number of carboxylic acids is 1. The Bertz CT molecular complexity index is 1110. The first-order chi connectivity index (χ1) is 18.3. The summed E-state index contributed by atoms with van der Waals surface area (Å²) in [7, 11) is 0. The fraction of sp³-hybridized carbons (Fsp3) is 0.704. The summed E-state index contributed by atoms with van der Waals surface area (Å²) in [5.74, 6) is -4.35. The van der Waals surface area contributed by atoms with E-state index in [1.165, 1.54) is 6.92 Å². The smallest absolute Gasteiger partial charge is 0.479 e. The van der Waals surface area contributed by atoms with Gasteiger partial charge in [0.25, 0.3) is 0 Å². The number of hydrogen-bond acceptors (Lipinski definition) is 9. The second-order valence-electron chi connectivity index (χ2n) is 11.4. The molecule has 3 aliphatic carbocycles. The highest BCUT2D eigenvalue weighted by molar-refractivity contribution is 6.29. The number of pyridine rings is 1. The molecule has 0 radical (unpaired) electrons. The number of hydrogen-bond donors (Lipinski definition) is 2. The van der Waals surface area contributed by atoms with E-state index < -0.39 is 53.5 Å². The fourth-order valence-electron chi connectivity index (χ4n) is 6.33. The van der Waals surface area contributed by atoms with Crippen LogP contribution in [0.4, 0.5) is 9.18 Å². The van der Waals surface area contributed by atoms with Gasteiger partial charge in [-0.2, -0.15) is 0 Å². The van der Waals surface area contributed by atoms with Gasteiger partial charge in [-0.1, -0.05) is 44.9 Å². The Hall–Kier alpha value is -2.50. The van der Waals surface area contributed by atoms with Crippen molar-refractivity contribution in [1.29, 1.82) is 0 Å². The zero-order valence-corrected chi connectivity index (χ0v) is 23.2. The molecular formula is C27H36ClFN2O8. The summed E-state index contributed by atoms with van der Waals surface area (Å²) in [5.41, 5.74) is 2.03. The highest BCUT2D eigenvalue weighted by atomic mass is 35.5. The van der Waals surface area contributed by atoms with E-state index in [9.17, 15) is 19.5 Å². The van der Waals surface area contributed by atoms with E-state index in [2.05, 4.69) is 25.8 Å². The van der Waals surface area contributed by atoms with E-state index in [1.807, 2.05) is 0 Å². The molecule has 0 bridgehead atoms. The van der Waals surface area contributed by atoms with Gasteiger partial charge in [0.15, 0.2) is 0 Å². The van der Waals surface area contributed by atoms with Crippen LogP contribution in [0.3, 0.4) is 0 Å². The number of carbonyl (C=O) groups excluding carboxylic acids is 2.